The molecule has 1 aromatic heterocycles. The molecule has 4 nitrogen and oxygen atoms in total. The number of rotatable bonds is 3. The summed E-state index contributed by atoms with van der Waals surface area (Å²) >= 11 is 0. The lowest BCUT2D eigenvalue weighted by atomic mass is 10.2. The number of benzene rings is 2. The minimum Gasteiger partial charge on any atom is -0.324 e. The van der Waals surface area contributed by atoms with Gasteiger partial charge in [0, 0.05) is 11.3 Å². The molecule has 0 aliphatic carbocycles. The number of hydrogen-bond acceptors (Lipinski definition) is 3. The second kappa shape index (κ2) is 5.22. The van der Waals surface area contributed by atoms with E-state index < -0.39 is 0 Å². The fourth-order valence-electron chi connectivity index (χ4n) is 2.08. The molecule has 0 atom stereocenters. The first-order valence-electron chi connectivity index (χ1n) is 6.25. The average molecular weight is 268 g/mol. The molecule has 3 rings (SSSR count). The molecule has 0 aliphatic rings. The molecular weight excluding hydrogens is 255 g/mol. The third-order valence-corrected chi connectivity index (χ3v) is 3.03. The van der Waals surface area contributed by atoms with E-state index in [0.717, 1.165) is 11.3 Å². The van der Waals surface area contributed by atoms with Crippen molar-refractivity contribution in [2.75, 3.05) is 0 Å². The molecule has 0 amide bonds. The smallest absolute Gasteiger partial charge is 0.168 e. The maximum atomic E-state index is 13.0. The predicted molar refractivity (Wildman–Crippen MR) is 74.6 cm³/mol. The lowest BCUT2D eigenvalue weighted by Gasteiger charge is -2.09. The Bertz CT molecular complexity index is 704. The molecule has 20 heavy (non-hydrogen) atoms. The standard InChI is InChI=1S/C15H13FN4/c16-12-8-6-11(7-9-12)15-19-18-14(10-17)20(15)13-4-2-1-3-5-13/h1-9H,10,17H2. The van der Waals surface area contributed by atoms with Gasteiger partial charge in [-0.25, -0.2) is 4.39 Å². The Morgan fingerprint density at radius 1 is 0.950 bits per heavy atom. The van der Waals surface area contributed by atoms with Crippen LogP contribution in [0.2, 0.25) is 0 Å². The van der Waals surface area contributed by atoms with Gasteiger partial charge in [-0.3, -0.25) is 4.57 Å². The van der Waals surface area contributed by atoms with Crippen molar-refractivity contribution in [3.8, 4) is 17.1 Å². The van der Waals surface area contributed by atoms with Crippen LogP contribution < -0.4 is 5.73 Å². The van der Waals surface area contributed by atoms with Crippen LogP contribution in [0, 0.1) is 5.82 Å². The Morgan fingerprint density at radius 2 is 1.65 bits per heavy atom. The summed E-state index contributed by atoms with van der Waals surface area (Å²) in [5.41, 5.74) is 7.44. The summed E-state index contributed by atoms with van der Waals surface area (Å²) in [4.78, 5) is 0. The number of halogens is 1. The fraction of sp³-hybridized carbons (Fsp3) is 0.0667. The molecule has 0 radical (unpaired) electrons. The van der Waals surface area contributed by atoms with E-state index >= 15 is 0 Å². The summed E-state index contributed by atoms with van der Waals surface area (Å²) in [6.07, 6.45) is 0. The third-order valence-electron chi connectivity index (χ3n) is 3.03. The summed E-state index contributed by atoms with van der Waals surface area (Å²) in [5, 5.41) is 8.28. The van der Waals surface area contributed by atoms with Crippen molar-refractivity contribution in [2.45, 2.75) is 6.54 Å². The van der Waals surface area contributed by atoms with Crippen LogP contribution in [0.1, 0.15) is 5.82 Å². The van der Waals surface area contributed by atoms with Gasteiger partial charge in [0.2, 0.25) is 0 Å². The van der Waals surface area contributed by atoms with Crippen LogP contribution in [-0.4, -0.2) is 14.8 Å². The fourth-order valence-corrected chi connectivity index (χ4v) is 2.08. The van der Waals surface area contributed by atoms with E-state index in [2.05, 4.69) is 10.2 Å². The van der Waals surface area contributed by atoms with E-state index in [9.17, 15) is 4.39 Å². The second-order valence-electron chi connectivity index (χ2n) is 4.32. The van der Waals surface area contributed by atoms with Crippen molar-refractivity contribution in [3.63, 3.8) is 0 Å². The average Bonchev–Trinajstić information content (AvgIpc) is 2.93. The lowest BCUT2D eigenvalue weighted by molar-refractivity contribution is 0.628. The van der Waals surface area contributed by atoms with Crippen LogP contribution in [-0.2, 0) is 6.54 Å². The molecule has 0 unspecified atom stereocenters. The van der Waals surface area contributed by atoms with Gasteiger partial charge in [-0.1, -0.05) is 18.2 Å². The third kappa shape index (κ3) is 2.19. The Morgan fingerprint density at radius 3 is 2.30 bits per heavy atom. The molecule has 1 heterocycles. The maximum absolute atomic E-state index is 13.0. The van der Waals surface area contributed by atoms with Gasteiger partial charge >= 0.3 is 0 Å². The predicted octanol–water partition coefficient (Wildman–Crippen LogP) is 2.53. The number of hydrogen-bond donors (Lipinski definition) is 1. The highest BCUT2D eigenvalue weighted by atomic mass is 19.1. The summed E-state index contributed by atoms with van der Waals surface area (Å²) in [7, 11) is 0. The molecule has 0 bridgehead atoms. The van der Waals surface area contributed by atoms with Crippen molar-refractivity contribution < 1.29 is 4.39 Å². The highest BCUT2D eigenvalue weighted by molar-refractivity contribution is 5.58. The van der Waals surface area contributed by atoms with E-state index in [1.807, 2.05) is 34.9 Å². The van der Waals surface area contributed by atoms with Gasteiger partial charge in [-0.05, 0) is 36.4 Å². The van der Waals surface area contributed by atoms with Crippen LogP contribution >= 0.6 is 0 Å². The molecule has 2 aromatic carbocycles. The zero-order chi connectivity index (χ0) is 13.9. The molecule has 0 saturated heterocycles. The first kappa shape index (κ1) is 12.5. The van der Waals surface area contributed by atoms with Crippen molar-refractivity contribution in [1.29, 1.82) is 0 Å². The van der Waals surface area contributed by atoms with Crippen LogP contribution in [0.5, 0.6) is 0 Å². The summed E-state index contributed by atoms with van der Waals surface area (Å²) < 4.78 is 14.9. The number of nitrogens with two attached hydrogens (primary N) is 1. The van der Waals surface area contributed by atoms with Crippen molar-refractivity contribution >= 4 is 0 Å². The highest BCUT2D eigenvalue weighted by Crippen LogP contribution is 2.22. The monoisotopic (exact) mass is 268 g/mol. The van der Waals surface area contributed by atoms with Crippen LogP contribution in [0.25, 0.3) is 17.1 Å². The van der Waals surface area contributed by atoms with Crippen LogP contribution in [0.4, 0.5) is 4.39 Å². The van der Waals surface area contributed by atoms with E-state index in [4.69, 9.17) is 5.73 Å². The molecular formula is C15H13FN4. The topological polar surface area (TPSA) is 56.7 Å². The van der Waals surface area contributed by atoms with Gasteiger partial charge in [0.05, 0.1) is 6.54 Å². The lowest BCUT2D eigenvalue weighted by Crippen LogP contribution is -2.07. The summed E-state index contributed by atoms with van der Waals surface area (Å²) in [6.45, 7) is 0.281. The summed E-state index contributed by atoms with van der Waals surface area (Å²) in [6, 6.07) is 15.9. The zero-order valence-corrected chi connectivity index (χ0v) is 10.7. The van der Waals surface area contributed by atoms with Gasteiger partial charge < -0.3 is 5.73 Å². The Hall–Kier alpha value is -2.53. The zero-order valence-electron chi connectivity index (χ0n) is 10.7. The minimum atomic E-state index is -0.279. The normalized spacial score (nSPS) is 10.7. The number of aromatic nitrogens is 3. The van der Waals surface area contributed by atoms with Crippen LogP contribution in [0.3, 0.4) is 0 Å². The molecule has 0 aliphatic heterocycles. The van der Waals surface area contributed by atoms with Gasteiger partial charge in [-0.2, -0.15) is 0 Å². The quantitative estimate of drug-likeness (QED) is 0.794. The first-order chi connectivity index (χ1) is 9.79. The van der Waals surface area contributed by atoms with E-state index in [1.165, 1.54) is 12.1 Å². The minimum absolute atomic E-state index is 0.279. The van der Waals surface area contributed by atoms with E-state index in [1.54, 1.807) is 12.1 Å². The van der Waals surface area contributed by atoms with Crippen molar-refractivity contribution in [2.24, 2.45) is 5.73 Å². The largest absolute Gasteiger partial charge is 0.324 e. The molecule has 0 saturated carbocycles. The van der Waals surface area contributed by atoms with Gasteiger partial charge in [0.25, 0.3) is 0 Å². The molecule has 5 heteroatoms. The molecule has 100 valence electrons. The van der Waals surface area contributed by atoms with Gasteiger partial charge in [0.1, 0.15) is 5.82 Å². The van der Waals surface area contributed by atoms with Crippen LogP contribution in [0.15, 0.2) is 54.6 Å². The van der Waals surface area contributed by atoms with Crippen molar-refractivity contribution in [3.05, 3.63) is 66.2 Å². The van der Waals surface area contributed by atoms with Gasteiger partial charge in [0.15, 0.2) is 11.6 Å². The Balaban J connectivity index is 2.17. The number of nitrogens with zero attached hydrogens (tertiary/aromatic N) is 3. The van der Waals surface area contributed by atoms with E-state index in [-0.39, 0.29) is 12.4 Å². The molecule has 0 fully saturated rings. The second-order valence-corrected chi connectivity index (χ2v) is 4.32. The molecule has 0 spiro atoms. The Kier molecular flexibility index (Phi) is 3.26. The summed E-state index contributed by atoms with van der Waals surface area (Å²) in [5.74, 6) is 1.03. The molecule has 2 N–H and O–H groups in total. The molecule has 3 aromatic rings. The maximum Gasteiger partial charge on any atom is 0.168 e. The SMILES string of the molecule is NCc1nnc(-c2ccc(F)cc2)n1-c1ccccc1. The Labute approximate surface area is 115 Å². The van der Waals surface area contributed by atoms with Crippen molar-refractivity contribution in [1.82, 2.24) is 14.8 Å². The number of para-hydroxylation sites is 1. The van der Waals surface area contributed by atoms with Gasteiger partial charge in [-0.15, -0.1) is 10.2 Å². The van der Waals surface area contributed by atoms with E-state index in [0.29, 0.717) is 11.6 Å². The highest BCUT2D eigenvalue weighted by Gasteiger charge is 2.14. The first-order valence-corrected chi connectivity index (χ1v) is 6.25.